The number of amides is 3. The van der Waals surface area contributed by atoms with Crippen LogP contribution in [0.4, 0.5) is 10.5 Å². The second-order valence-electron chi connectivity index (χ2n) is 6.57. The first kappa shape index (κ1) is 17.3. The van der Waals surface area contributed by atoms with Crippen LogP contribution in [0.1, 0.15) is 6.42 Å². The molecule has 25 heavy (non-hydrogen) atoms. The molecule has 1 aliphatic rings. The van der Waals surface area contributed by atoms with Gasteiger partial charge in [0.15, 0.2) is 0 Å². The summed E-state index contributed by atoms with van der Waals surface area (Å²) in [6.07, 6.45) is 2.88. The summed E-state index contributed by atoms with van der Waals surface area (Å²) in [7, 11) is 3.48. The maximum Gasteiger partial charge on any atom is 0.319 e. The lowest BCUT2D eigenvalue weighted by molar-refractivity contribution is -0.129. The van der Waals surface area contributed by atoms with E-state index in [0.717, 1.165) is 29.6 Å². The fraction of sp³-hybridized carbons (Fsp3) is 0.444. The van der Waals surface area contributed by atoms with Gasteiger partial charge in [-0.3, -0.25) is 4.79 Å². The SMILES string of the molecule is CN(C)C(=O)Cn1ccc2cc(NC(=O)NC[C@H]3CCOC3)ccc21. The molecule has 1 fully saturated rings. The van der Waals surface area contributed by atoms with E-state index in [2.05, 4.69) is 10.6 Å². The highest BCUT2D eigenvalue weighted by atomic mass is 16.5. The van der Waals surface area contributed by atoms with Crippen molar-refractivity contribution in [1.29, 1.82) is 0 Å². The van der Waals surface area contributed by atoms with Gasteiger partial charge in [0.05, 0.1) is 6.61 Å². The molecular formula is C18H24N4O3. The smallest absolute Gasteiger partial charge is 0.319 e. The van der Waals surface area contributed by atoms with Gasteiger partial charge in [-0.2, -0.15) is 0 Å². The number of carbonyl (C=O) groups is 2. The predicted molar refractivity (Wildman–Crippen MR) is 96.6 cm³/mol. The van der Waals surface area contributed by atoms with Crippen LogP contribution in [0.25, 0.3) is 10.9 Å². The van der Waals surface area contributed by atoms with Gasteiger partial charge < -0.3 is 24.8 Å². The van der Waals surface area contributed by atoms with Crippen molar-refractivity contribution < 1.29 is 14.3 Å². The van der Waals surface area contributed by atoms with Gasteiger partial charge in [0, 0.05) is 56.0 Å². The molecule has 0 unspecified atom stereocenters. The number of anilines is 1. The number of ether oxygens (including phenoxy) is 1. The molecule has 1 aromatic heterocycles. The van der Waals surface area contributed by atoms with E-state index in [9.17, 15) is 9.59 Å². The number of benzene rings is 1. The lowest BCUT2D eigenvalue weighted by Gasteiger charge is -2.12. The van der Waals surface area contributed by atoms with Crippen molar-refractivity contribution in [3.05, 3.63) is 30.5 Å². The molecular weight excluding hydrogens is 320 g/mol. The molecule has 1 atom stereocenters. The second-order valence-corrected chi connectivity index (χ2v) is 6.57. The quantitative estimate of drug-likeness (QED) is 0.870. The monoisotopic (exact) mass is 344 g/mol. The molecule has 2 heterocycles. The third-order valence-corrected chi connectivity index (χ3v) is 4.41. The van der Waals surface area contributed by atoms with Gasteiger partial charge >= 0.3 is 6.03 Å². The van der Waals surface area contributed by atoms with Crippen LogP contribution in [0, 0.1) is 5.92 Å². The summed E-state index contributed by atoms with van der Waals surface area (Å²) in [6, 6.07) is 7.39. The van der Waals surface area contributed by atoms with Gasteiger partial charge in [-0.1, -0.05) is 0 Å². The third-order valence-electron chi connectivity index (χ3n) is 4.41. The number of carbonyl (C=O) groups excluding carboxylic acids is 2. The van der Waals surface area contributed by atoms with Crippen molar-refractivity contribution in [3.63, 3.8) is 0 Å². The number of fused-ring (bicyclic) bond motifs is 1. The predicted octanol–water partition coefficient (Wildman–Crippen LogP) is 1.89. The normalized spacial score (nSPS) is 16.8. The van der Waals surface area contributed by atoms with Gasteiger partial charge in [-0.25, -0.2) is 4.79 Å². The van der Waals surface area contributed by atoms with E-state index < -0.39 is 0 Å². The number of rotatable bonds is 5. The van der Waals surface area contributed by atoms with Gasteiger partial charge in [-0.05, 0) is 30.7 Å². The molecule has 0 radical (unpaired) electrons. The molecule has 134 valence electrons. The molecule has 1 saturated heterocycles. The summed E-state index contributed by atoms with van der Waals surface area (Å²) < 4.78 is 7.20. The minimum atomic E-state index is -0.214. The summed E-state index contributed by atoms with van der Waals surface area (Å²) >= 11 is 0. The zero-order valence-electron chi connectivity index (χ0n) is 14.6. The van der Waals surface area contributed by atoms with E-state index in [0.29, 0.717) is 25.6 Å². The molecule has 1 aliphatic heterocycles. The van der Waals surface area contributed by atoms with E-state index >= 15 is 0 Å². The van der Waals surface area contributed by atoms with E-state index in [-0.39, 0.29) is 11.9 Å². The average molecular weight is 344 g/mol. The van der Waals surface area contributed by atoms with Crippen molar-refractivity contribution in [2.45, 2.75) is 13.0 Å². The van der Waals surface area contributed by atoms with Crippen LogP contribution in [0.15, 0.2) is 30.5 Å². The Balaban J connectivity index is 1.61. The molecule has 3 rings (SSSR count). The average Bonchev–Trinajstić information content (AvgIpc) is 3.23. The number of aromatic nitrogens is 1. The van der Waals surface area contributed by atoms with Crippen LogP contribution in [0.3, 0.4) is 0 Å². The van der Waals surface area contributed by atoms with E-state index in [1.165, 1.54) is 0 Å². The van der Waals surface area contributed by atoms with Crippen molar-refractivity contribution >= 4 is 28.5 Å². The Labute approximate surface area is 146 Å². The van der Waals surface area contributed by atoms with E-state index in [4.69, 9.17) is 4.74 Å². The van der Waals surface area contributed by atoms with Gasteiger partial charge in [-0.15, -0.1) is 0 Å². The van der Waals surface area contributed by atoms with Crippen LogP contribution in [0.5, 0.6) is 0 Å². The van der Waals surface area contributed by atoms with Crippen molar-refractivity contribution in [3.8, 4) is 0 Å². The Hall–Kier alpha value is -2.54. The van der Waals surface area contributed by atoms with Gasteiger partial charge in [0.1, 0.15) is 6.54 Å². The molecule has 7 nitrogen and oxygen atoms in total. The summed E-state index contributed by atoms with van der Waals surface area (Å²) in [4.78, 5) is 25.5. The summed E-state index contributed by atoms with van der Waals surface area (Å²) in [5.74, 6) is 0.437. The highest BCUT2D eigenvalue weighted by Gasteiger charge is 2.16. The molecule has 0 saturated carbocycles. The molecule has 3 amide bonds. The fourth-order valence-corrected chi connectivity index (χ4v) is 2.86. The third kappa shape index (κ3) is 4.30. The zero-order valence-corrected chi connectivity index (χ0v) is 14.6. The highest BCUT2D eigenvalue weighted by molar-refractivity contribution is 5.93. The van der Waals surface area contributed by atoms with Crippen LogP contribution in [-0.2, 0) is 16.1 Å². The van der Waals surface area contributed by atoms with Crippen molar-refractivity contribution in [2.24, 2.45) is 5.92 Å². The standard InChI is InChI=1S/C18H24N4O3/c1-21(2)17(23)11-22-7-5-14-9-15(3-4-16(14)22)20-18(24)19-10-13-6-8-25-12-13/h3-5,7,9,13H,6,8,10-12H2,1-2H3,(H2,19,20,24)/t13-/m1/s1. The first-order valence-electron chi connectivity index (χ1n) is 8.44. The zero-order chi connectivity index (χ0) is 17.8. The van der Waals surface area contributed by atoms with Crippen LogP contribution in [0.2, 0.25) is 0 Å². The Morgan fingerprint density at radius 1 is 1.32 bits per heavy atom. The number of hydrogen-bond acceptors (Lipinski definition) is 3. The Morgan fingerprint density at radius 2 is 2.16 bits per heavy atom. The maximum atomic E-state index is 12.0. The van der Waals surface area contributed by atoms with Gasteiger partial charge in [0.2, 0.25) is 5.91 Å². The van der Waals surface area contributed by atoms with E-state index in [1.54, 1.807) is 19.0 Å². The first-order chi connectivity index (χ1) is 12.0. The number of urea groups is 1. The minimum absolute atomic E-state index is 0.0370. The topological polar surface area (TPSA) is 75.6 Å². The molecule has 2 aromatic rings. The molecule has 2 N–H and O–H groups in total. The largest absolute Gasteiger partial charge is 0.381 e. The van der Waals surface area contributed by atoms with Crippen LogP contribution >= 0.6 is 0 Å². The number of nitrogens with one attached hydrogen (secondary N) is 2. The molecule has 0 spiro atoms. The highest BCUT2D eigenvalue weighted by Crippen LogP contribution is 2.21. The lowest BCUT2D eigenvalue weighted by atomic mass is 10.1. The second kappa shape index (κ2) is 7.57. The molecule has 0 bridgehead atoms. The summed E-state index contributed by atoms with van der Waals surface area (Å²) in [6.45, 7) is 2.41. The van der Waals surface area contributed by atoms with Crippen LogP contribution < -0.4 is 10.6 Å². The van der Waals surface area contributed by atoms with E-state index in [1.807, 2.05) is 35.0 Å². The summed E-state index contributed by atoms with van der Waals surface area (Å²) in [5, 5.41) is 6.71. The Kier molecular flexibility index (Phi) is 5.23. The number of nitrogens with zero attached hydrogens (tertiary/aromatic N) is 2. The fourth-order valence-electron chi connectivity index (χ4n) is 2.86. The van der Waals surface area contributed by atoms with Crippen LogP contribution in [-0.4, -0.2) is 55.3 Å². The number of likely N-dealkylation sites (N-methyl/N-ethyl adjacent to an activating group) is 1. The molecule has 0 aliphatic carbocycles. The Bertz CT molecular complexity index is 763. The maximum absolute atomic E-state index is 12.0. The number of hydrogen-bond donors (Lipinski definition) is 2. The first-order valence-corrected chi connectivity index (χ1v) is 8.44. The Morgan fingerprint density at radius 3 is 2.88 bits per heavy atom. The van der Waals surface area contributed by atoms with Crippen molar-refractivity contribution in [2.75, 3.05) is 39.2 Å². The lowest BCUT2D eigenvalue weighted by Crippen LogP contribution is -2.33. The minimum Gasteiger partial charge on any atom is -0.381 e. The summed E-state index contributed by atoms with van der Waals surface area (Å²) in [5.41, 5.74) is 1.69. The molecule has 1 aromatic carbocycles. The molecule has 7 heteroatoms. The van der Waals surface area contributed by atoms with Crippen molar-refractivity contribution in [1.82, 2.24) is 14.8 Å². The van der Waals surface area contributed by atoms with Gasteiger partial charge in [0.25, 0.3) is 0 Å².